The number of fused-ring (bicyclic) bond motifs is 1. The average molecular weight is 492 g/mol. The molecule has 0 aliphatic carbocycles. The number of sulfone groups is 1. The quantitative estimate of drug-likeness (QED) is 0.299. The zero-order chi connectivity index (χ0) is 24.1. The van der Waals surface area contributed by atoms with Crippen LogP contribution in [-0.2, 0) is 27.9 Å². The highest BCUT2D eigenvalue weighted by atomic mass is 35.5. The van der Waals surface area contributed by atoms with Gasteiger partial charge in [-0.1, -0.05) is 60.1 Å². The molecule has 0 saturated carbocycles. The molecule has 0 N–H and O–H groups in total. The van der Waals surface area contributed by atoms with Gasteiger partial charge in [-0.15, -0.1) is 0 Å². The first-order chi connectivity index (χ1) is 16.4. The monoisotopic (exact) mass is 491 g/mol. The molecule has 0 unspecified atom stereocenters. The molecule has 0 aliphatic rings. The van der Waals surface area contributed by atoms with E-state index in [1.54, 1.807) is 48.5 Å². The lowest BCUT2D eigenvalue weighted by atomic mass is 10.1. The van der Waals surface area contributed by atoms with Gasteiger partial charge in [0.05, 0.1) is 30.2 Å². The van der Waals surface area contributed by atoms with Crippen LogP contribution in [0.1, 0.15) is 22.3 Å². The first kappa shape index (κ1) is 23.6. The number of hydrogen-bond acceptors (Lipinski definition) is 5. The molecule has 0 heterocycles. The highest BCUT2D eigenvalue weighted by Crippen LogP contribution is 2.31. The Kier molecular flexibility index (Phi) is 7.06. The van der Waals surface area contributed by atoms with Gasteiger partial charge in [-0.25, -0.2) is 8.42 Å². The van der Waals surface area contributed by atoms with E-state index < -0.39 is 9.84 Å². The molecule has 0 amide bonds. The lowest BCUT2D eigenvalue weighted by Gasteiger charge is -2.13. The Morgan fingerprint density at radius 2 is 1.65 bits per heavy atom. The average Bonchev–Trinajstić information content (AvgIpc) is 2.85. The van der Waals surface area contributed by atoms with E-state index >= 15 is 0 Å². The summed E-state index contributed by atoms with van der Waals surface area (Å²) in [5, 5.41) is 11.3. The molecule has 4 aromatic rings. The topological polar surface area (TPSA) is 76.4 Å². The summed E-state index contributed by atoms with van der Waals surface area (Å²) in [5.41, 5.74) is 2.73. The molecule has 0 aromatic heterocycles. The fourth-order valence-corrected chi connectivity index (χ4v) is 5.55. The van der Waals surface area contributed by atoms with Crippen LogP contribution in [0.15, 0.2) is 78.9 Å². The maximum absolute atomic E-state index is 13.0. The number of hydrogen-bond donors (Lipinski definition) is 0. The number of halogens is 1. The third-order valence-electron chi connectivity index (χ3n) is 5.40. The molecule has 172 valence electrons. The Labute approximate surface area is 204 Å². The first-order valence-corrected chi connectivity index (χ1v) is 12.7. The Balaban J connectivity index is 1.50. The number of benzene rings is 4. The van der Waals surface area contributed by atoms with Crippen LogP contribution in [0.25, 0.3) is 10.8 Å². The number of rotatable bonds is 8. The van der Waals surface area contributed by atoms with Crippen LogP contribution in [0.3, 0.4) is 0 Å². The van der Waals surface area contributed by atoms with E-state index in [1.165, 1.54) is 7.11 Å². The molecule has 0 spiro atoms. The SMILES string of the molecule is COc1cc(CS(=O)(=O)Cc2ccc(Cl)c3ccccc23)ccc1OCc1cccc(C#N)c1. The summed E-state index contributed by atoms with van der Waals surface area (Å²) in [6, 6.07) is 25.4. The number of nitrogens with zero attached hydrogens (tertiary/aromatic N) is 1. The molecule has 0 fully saturated rings. The highest BCUT2D eigenvalue weighted by molar-refractivity contribution is 7.89. The predicted molar refractivity (Wildman–Crippen MR) is 134 cm³/mol. The normalized spacial score (nSPS) is 11.2. The molecule has 4 aromatic carbocycles. The summed E-state index contributed by atoms with van der Waals surface area (Å²) in [6.07, 6.45) is 0. The van der Waals surface area contributed by atoms with Gasteiger partial charge in [0, 0.05) is 10.4 Å². The van der Waals surface area contributed by atoms with Gasteiger partial charge in [-0.05, 0) is 52.4 Å². The maximum Gasteiger partial charge on any atom is 0.161 e. The highest BCUT2D eigenvalue weighted by Gasteiger charge is 2.17. The van der Waals surface area contributed by atoms with Crippen molar-refractivity contribution in [2.24, 2.45) is 0 Å². The molecule has 0 saturated heterocycles. The van der Waals surface area contributed by atoms with Gasteiger partial charge in [0.25, 0.3) is 0 Å². The Hall–Kier alpha value is -3.53. The van der Waals surface area contributed by atoms with Crippen molar-refractivity contribution in [2.45, 2.75) is 18.1 Å². The van der Waals surface area contributed by atoms with Gasteiger partial charge in [0.15, 0.2) is 21.3 Å². The Morgan fingerprint density at radius 3 is 2.41 bits per heavy atom. The van der Waals surface area contributed by atoms with Crippen molar-refractivity contribution in [1.29, 1.82) is 5.26 Å². The minimum absolute atomic E-state index is 0.0967. The lowest BCUT2D eigenvalue weighted by Crippen LogP contribution is -2.08. The third kappa shape index (κ3) is 5.51. The number of nitriles is 1. The minimum atomic E-state index is -3.46. The van der Waals surface area contributed by atoms with E-state index in [4.69, 9.17) is 26.3 Å². The molecular weight excluding hydrogens is 470 g/mol. The van der Waals surface area contributed by atoms with Crippen molar-refractivity contribution < 1.29 is 17.9 Å². The number of methoxy groups -OCH3 is 1. The molecule has 0 bridgehead atoms. The first-order valence-electron chi connectivity index (χ1n) is 10.5. The van der Waals surface area contributed by atoms with Crippen molar-refractivity contribution in [2.75, 3.05) is 7.11 Å². The van der Waals surface area contributed by atoms with Crippen LogP contribution in [0.5, 0.6) is 11.5 Å². The van der Waals surface area contributed by atoms with E-state index in [-0.39, 0.29) is 18.1 Å². The van der Waals surface area contributed by atoms with Crippen molar-refractivity contribution in [3.05, 3.63) is 106 Å². The van der Waals surface area contributed by atoms with Gasteiger partial charge >= 0.3 is 0 Å². The second kappa shape index (κ2) is 10.2. The van der Waals surface area contributed by atoms with Crippen molar-refractivity contribution in [1.82, 2.24) is 0 Å². The van der Waals surface area contributed by atoms with E-state index in [2.05, 4.69) is 6.07 Å². The molecule has 5 nitrogen and oxygen atoms in total. The third-order valence-corrected chi connectivity index (χ3v) is 7.26. The van der Waals surface area contributed by atoms with Crippen molar-refractivity contribution in [3.8, 4) is 17.6 Å². The molecule has 4 rings (SSSR count). The zero-order valence-electron chi connectivity index (χ0n) is 18.5. The minimum Gasteiger partial charge on any atom is -0.493 e. The van der Waals surface area contributed by atoms with Crippen molar-refractivity contribution in [3.63, 3.8) is 0 Å². The molecule has 0 atom stereocenters. The smallest absolute Gasteiger partial charge is 0.161 e. The van der Waals surface area contributed by atoms with E-state index in [1.807, 2.05) is 30.3 Å². The van der Waals surface area contributed by atoms with E-state index in [0.29, 0.717) is 33.2 Å². The molecule has 7 heteroatoms. The predicted octanol–water partition coefficient (Wildman–Crippen LogP) is 6.07. The summed E-state index contributed by atoms with van der Waals surface area (Å²) in [5.74, 6) is 0.710. The maximum atomic E-state index is 13.0. The lowest BCUT2D eigenvalue weighted by molar-refractivity contribution is 0.284. The fraction of sp³-hybridized carbons (Fsp3) is 0.148. The Bertz CT molecular complexity index is 1490. The zero-order valence-corrected chi connectivity index (χ0v) is 20.1. The van der Waals surface area contributed by atoms with Crippen LogP contribution in [0, 0.1) is 11.3 Å². The van der Waals surface area contributed by atoms with Crippen LogP contribution in [0.2, 0.25) is 5.02 Å². The van der Waals surface area contributed by atoms with Gasteiger partial charge in [-0.2, -0.15) is 5.26 Å². The molecular formula is C27H22ClNO4S. The van der Waals surface area contributed by atoms with Crippen LogP contribution >= 0.6 is 11.6 Å². The van der Waals surface area contributed by atoms with Crippen LogP contribution in [-0.4, -0.2) is 15.5 Å². The fourth-order valence-electron chi connectivity index (χ4n) is 3.81. The van der Waals surface area contributed by atoms with Gasteiger partial charge in [0.2, 0.25) is 0 Å². The Morgan fingerprint density at radius 1 is 0.853 bits per heavy atom. The summed E-state index contributed by atoms with van der Waals surface area (Å²) < 4.78 is 37.3. The van der Waals surface area contributed by atoms with Crippen molar-refractivity contribution >= 4 is 32.2 Å². The number of ether oxygens (including phenoxy) is 2. The second-order valence-corrected chi connectivity index (χ2v) is 10.3. The van der Waals surface area contributed by atoms with Gasteiger partial charge in [0.1, 0.15) is 6.61 Å². The largest absolute Gasteiger partial charge is 0.493 e. The summed E-state index contributed by atoms with van der Waals surface area (Å²) in [7, 11) is -1.95. The molecule has 0 aliphatic heterocycles. The van der Waals surface area contributed by atoms with E-state index in [9.17, 15) is 8.42 Å². The van der Waals surface area contributed by atoms with Gasteiger partial charge < -0.3 is 9.47 Å². The van der Waals surface area contributed by atoms with E-state index in [0.717, 1.165) is 16.3 Å². The van der Waals surface area contributed by atoms with Gasteiger partial charge in [-0.3, -0.25) is 0 Å². The molecule has 34 heavy (non-hydrogen) atoms. The molecule has 0 radical (unpaired) electrons. The van der Waals surface area contributed by atoms with Crippen LogP contribution < -0.4 is 9.47 Å². The summed E-state index contributed by atoms with van der Waals surface area (Å²) in [4.78, 5) is 0. The standard InChI is InChI=1S/C27H22ClNO4S/c1-32-27-14-21(9-12-26(27)33-16-20-6-4-5-19(13-20)15-29)17-34(30,31)18-22-10-11-25(28)24-8-3-2-7-23(22)24/h2-14H,16-18H2,1H3. The summed E-state index contributed by atoms with van der Waals surface area (Å²) in [6.45, 7) is 0.257. The summed E-state index contributed by atoms with van der Waals surface area (Å²) >= 11 is 6.27. The van der Waals surface area contributed by atoms with Crippen LogP contribution in [0.4, 0.5) is 0 Å². The second-order valence-electron chi connectivity index (χ2n) is 7.87.